The highest BCUT2D eigenvalue weighted by Gasteiger charge is 2.04. The lowest BCUT2D eigenvalue weighted by Gasteiger charge is -2.01. The fourth-order valence-corrected chi connectivity index (χ4v) is 1.87. The zero-order chi connectivity index (χ0) is 11.5. The van der Waals surface area contributed by atoms with E-state index in [4.69, 9.17) is 5.73 Å². The maximum absolute atomic E-state index is 10.8. The van der Waals surface area contributed by atoms with Crippen LogP contribution in [-0.4, -0.2) is 16.1 Å². The number of rotatable bonds is 2. The van der Waals surface area contributed by atoms with Crippen LogP contribution in [0.5, 0.6) is 0 Å². The normalized spacial score (nSPS) is 10.1. The number of nitrogen functional groups attached to an aromatic ring is 1. The fourth-order valence-electron chi connectivity index (χ4n) is 1.25. The molecule has 16 heavy (non-hydrogen) atoms. The molecule has 0 aliphatic carbocycles. The largest absolute Gasteiger partial charge is 0.374 e. The second kappa shape index (κ2) is 4.28. The maximum atomic E-state index is 10.8. The first-order valence-electron chi connectivity index (χ1n) is 4.62. The minimum atomic E-state index is -0.0899. The molecule has 1 aromatic heterocycles. The van der Waals surface area contributed by atoms with Gasteiger partial charge in [-0.15, -0.1) is 10.2 Å². The summed E-state index contributed by atoms with van der Waals surface area (Å²) in [6.45, 7) is 1.47. The zero-order valence-electron chi connectivity index (χ0n) is 8.60. The highest BCUT2D eigenvalue weighted by atomic mass is 32.1. The number of aromatic nitrogens is 2. The Morgan fingerprint density at radius 2 is 2.00 bits per heavy atom. The van der Waals surface area contributed by atoms with Crippen LogP contribution < -0.4 is 11.1 Å². The Labute approximate surface area is 96.3 Å². The molecule has 0 aliphatic rings. The highest BCUT2D eigenvalue weighted by Crippen LogP contribution is 2.25. The van der Waals surface area contributed by atoms with Crippen molar-refractivity contribution in [2.45, 2.75) is 6.92 Å². The molecule has 0 atom stereocenters. The van der Waals surface area contributed by atoms with Crippen molar-refractivity contribution in [3.63, 3.8) is 0 Å². The summed E-state index contributed by atoms with van der Waals surface area (Å²) in [7, 11) is 0. The van der Waals surface area contributed by atoms with Gasteiger partial charge < -0.3 is 11.1 Å². The molecule has 0 saturated heterocycles. The van der Waals surface area contributed by atoms with Gasteiger partial charge in [-0.05, 0) is 24.3 Å². The summed E-state index contributed by atoms with van der Waals surface area (Å²) >= 11 is 1.33. The minimum Gasteiger partial charge on any atom is -0.374 e. The number of nitrogens with two attached hydrogens (primary N) is 1. The van der Waals surface area contributed by atoms with E-state index in [0.717, 1.165) is 16.3 Å². The van der Waals surface area contributed by atoms with Crippen LogP contribution in [0.25, 0.3) is 10.6 Å². The summed E-state index contributed by atoms with van der Waals surface area (Å²) in [6, 6.07) is 7.36. The molecule has 0 unspecified atom stereocenters. The van der Waals surface area contributed by atoms with E-state index in [-0.39, 0.29) is 5.91 Å². The summed E-state index contributed by atoms with van der Waals surface area (Å²) in [5.41, 5.74) is 7.19. The van der Waals surface area contributed by atoms with E-state index in [1.54, 1.807) is 0 Å². The van der Waals surface area contributed by atoms with Gasteiger partial charge in [0.15, 0.2) is 0 Å². The van der Waals surface area contributed by atoms with Crippen molar-refractivity contribution in [2.75, 3.05) is 11.1 Å². The smallest absolute Gasteiger partial charge is 0.221 e. The molecule has 1 aromatic carbocycles. The molecule has 5 nitrogen and oxygen atoms in total. The van der Waals surface area contributed by atoms with Crippen LogP contribution in [0.4, 0.5) is 10.8 Å². The third kappa shape index (κ3) is 2.34. The first-order chi connectivity index (χ1) is 7.65. The third-order valence-electron chi connectivity index (χ3n) is 1.89. The molecule has 2 aromatic rings. The number of nitrogens with zero attached hydrogens (tertiary/aromatic N) is 2. The van der Waals surface area contributed by atoms with Gasteiger partial charge >= 0.3 is 0 Å². The summed E-state index contributed by atoms with van der Waals surface area (Å²) in [5, 5.41) is 11.6. The Morgan fingerprint density at radius 1 is 1.31 bits per heavy atom. The molecule has 0 spiro atoms. The molecule has 1 amide bonds. The molecule has 0 bridgehead atoms. The first-order valence-corrected chi connectivity index (χ1v) is 5.44. The summed E-state index contributed by atoms with van der Waals surface area (Å²) < 4.78 is 0. The average molecular weight is 234 g/mol. The molecule has 6 heteroatoms. The van der Waals surface area contributed by atoms with Gasteiger partial charge in [0.2, 0.25) is 11.0 Å². The number of hydrogen-bond acceptors (Lipinski definition) is 5. The minimum absolute atomic E-state index is 0.0899. The van der Waals surface area contributed by atoms with E-state index in [1.807, 2.05) is 24.3 Å². The van der Waals surface area contributed by atoms with Crippen molar-refractivity contribution in [2.24, 2.45) is 0 Å². The topological polar surface area (TPSA) is 80.9 Å². The van der Waals surface area contributed by atoms with Gasteiger partial charge in [-0.25, -0.2) is 0 Å². The Kier molecular flexibility index (Phi) is 2.82. The molecular formula is C10H10N4OS. The van der Waals surface area contributed by atoms with Crippen LogP contribution in [0.1, 0.15) is 6.92 Å². The molecular weight excluding hydrogens is 224 g/mol. The Hall–Kier alpha value is -1.95. The summed E-state index contributed by atoms with van der Waals surface area (Å²) in [5.74, 6) is -0.0899. The Bertz CT molecular complexity index is 506. The van der Waals surface area contributed by atoms with E-state index >= 15 is 0 Å². The number of anilines is 2. The molecule has 2 rings (SSSR count). The molecule has 1 heterocycles. The third-order valence-corrected chi connectivity index (χ3v) is 2.69. The van der Waals surface area contributed by atoms with Gasteiger partial charge in [0.1, 0.15) is 5.01 Å². The van der Waals surface area contributed by atoms with Crippen molar-refractivity contribution in [3.8, 4) is 10.6 Å². The Balaban J connectivity index is 2.22. The summed E-state index contributed by atoms with van der Waals surface area (Å²) in [6.07, 6.45) is 0. The van der Waals surface area contributed by atoms with E-state index in [0.29, 0.717) is 5.13 Å². The van der Waals surface area contributed by atoms with Gasteiger partial charge in [0.25, 0.3) is 0 Å². The molecule has 0 fully saturated rings. The first kappa shape index (κ1) is 10.6. The highest BCUT2D eigenvalue weighted by molar-refractivity contribution is 7.18. The Morgan fingerprint density at radius 3 is 2.50 bits per heavy atom. The monoisotopic (exact) mass is 234 g/mol. The lowest BCUT2D eigenvalue weighted by atomic mass is 10.2. The van der Waals surface area contributed by atoms with Crippen LogP contribution in [0.3, 0.4) is 0 Å². The number of carbonyl (C=O) groups excluding carboxylic acids is 1. The average Bonchev–Trinajstić information content (AvgIpc) is 2.65. The standard InChI is InChI=1S/C10H10N4OS/c1-6(15)12-8-4-2-7(3-5-8)9-13-14-10(11)16-9/h2-5H,1H3,(H2,11,14)(H,12,15). The van der Waals surface area contributed by atoms with E-state index in [1.165, 1.54) is 18.3 Å². The van der Waals surface area contributed by atoms with Crippen molar-refractivity contribution >= 4 is 28.1 Å². The van der Waals surface area contributed by atoms with Gasteiger partial charge in [-0.1, -0.05) is 11.3 Å². The van der Waals surface area contributed by atoms with Gasteiger partial charge in [-0.3, -0.25) is 4.79 Å². The molecule has 3 N–H and O–H groups in total. The predicted molar refractivity (Wildman–Crippen MR) is 64.1 cm³/mol. The second-order valence-corrected chi connectivity index (χ2v) is 4.21. The van der Waals surface area contributed by atoms with Crippen LogP contribution in [0, 0.1) is 0 Å². The number of hydrogen-bond donors (Lipinski definition) is 2. The van der Waals surface area contributed by atoms with Crippen LogP contribution in [-0.2, 0) is 4.79 Å². The van der Waals surface area contributed by atoms with E-state index < -0.39 is 0 Å². The zero-order valence-corrected chi connectivity index (χ0v) is 9.41. The molecule has 0 radical (unpaired) electrons. The van der Waals surface area contributed by atoms with E-state index in [9.17, 15) is 4.79 Å². The second-order valence-electron chi connectivity index (χ2n) is 3.20. The van der Waals surface area contributed by atoms with Crippen LogP contribution in [0.15, 0.2) is 24.3 Å². The van der Waals surface area contributed by atoms with E-state index in [2.05, 4.69) is 15.5 Å². The van der Waals surface area contributed by atoms with Gasteiger partial charge in [-0.2, -0.15) is 0 Å². The number of amides is 1. The van der Waals surface area contributed by atoms with Crippen molar-refractivity contribution in [1.82, 2.24) is 10.2 Å². The molecule has 0 saturated carbocycles. The molecule has 82 valence electrons. The predicted octanol–water partition coefficient (Wildman–Crippen LogP) is 1.75. The number of benzene rings is 1. The lowest BCUT2D eigenvalue weighted by molar-refractivity contribution is -0.114. The SMILES string of the molecule is CC(=O)Nc1ccc(-c2nnc(N)s2)cc1. The van der Waals surface area contributed by atoms with Gasteiger partial charge in [0, 0.05) is 18.2 Å². The quantitative estimate of drug-likeness (QED) is 0.829. The van der Waals surface area contributed by atoms with Crippen LogP contribution >= 0.6 is 11.3 Å². The van der Waals surface area contributed by atoms with Crippen LogP contribution in [0.2, 0.25) is 0 Å². The van der Waals surface area contributed by atoms with Crippen molar-refractivity contribution in [1.29, 1.82) is 0 Å². The fraction of sp³-hybridized carbons (Fsp3) is 0.100. The summed E-state index contributed by atoms with van der Waals surface area (Å²) in [4.78, 5) is 10.8. The van der Waals surface area contributed by atoms with Gasteiger partial charge in [0.05, 0.1) is 0 Å². The number of carbonyl (C=O) groups is 1. The van der Waals surface area contributed by atoms with Crippen molar-refractivity contribution < 1.29 is 4.79 Å². The van der Waals surface area contributed by atoms with Crippen molar-refractivity contribution in [3.05, 3.63) is 24.3 Å². The number of nitrogens with one attached hydrogen (secondary N) is 1. The molecule has 0 aliphatic heterocycles. The maximum Gasteiger partial charge on any atom is 0.221 e. The lowest BCUT2D eigenvalue weighted by Crippen LogP contribution is -2.05.